The number of rotatable bonds is 9. The van der Waals surface area contributed by atoms with Crippen molar-refractivity contribution in [3.63, 3.8) is 0 Å². The number of aryl methyl sites for hydroxylation is 2. The molecule has 1 amide bonds. The molecule has 0 atom stereocenters. The van der Waals surface area contributed by atoms with Gasteiger partial charge in [-0.2, -0.15) is 0 Å². The maximum Gasteiger partial charge on any atom is 0.257 e. The number of hydrogen-bond acceptors (Lipinski definition) is 4. The highest BCUT2D eigenvalue weighted by atomic mass is 16.5. The van der Waals surface area contributed by atoms with Crippen LogP contribution in [0.4, 0.5) is 0 Å². The third-order valence-corrected chi connectivity index (χ3v) is 5.37. The average Bonchev–Trinajstić information content (AvgIpc) is 2.71. The van der Waals surface area contributed by atoms with Crippen LogP contribution in [0.15, 0.2) is 42.0 Å². The van der Waals surface area contributed by atoms with Crippen molar-refractivity contribution in [2.24, 2.45) is 10.9 Å². The van der Waals surface area contributed by atoms with Crippen molar-refractivity contribution in [1.29, 1.82) is 0 Å². The smallest absolute Gasteiger partial charge is 0.257 e. The number of Topliss-reactive ketones (excluding diaryl/α,β-unsaturated/α-hetero) is 1. The van der Waals surface area contributed by atoms with E-state index in [1.807, 2.05) is 4.90 Å². The average molecular weight is 385 g/mol. The summed E-state index contributed by atoms with van der Waals surface area (Å²) in [4.78, 5) is 30.3. The summed E-state index contributed by atoms with van der Waals surface area (Å²) in [6.07, 6.45) is 7.00. The molecular weight excluding hydrogens is 352 g/mol. The molecule has 152 valence electrons. The topological polar surface area (TPSA) is 59.0 Å². The number of ketones is 1. The number of hydrogen-bond donors (Lipinski definition) is 0. The van der Waals surface area contributed by atoms with E-state index >= 15 is 0 Å². The Morgan fingerprint density at radius 2 is 1.89 bits per heavy atom. The van der Waals surface area contributed by atoms with Gasteiger partial charge >= 0.3 is 0 Å². The highest BCUT2D eigenvalue weighted by Crippen LogP contribution is 2.23. The second-order valence-corrected chi connectivity index (χ2v) is 7.45. The van der Waals surface area contributed by atoms with Crippen molar-refractivity contribution in [2.45, 2.75) is 51.9 Å². The van der Waals surface area contributed by atoms with Gasteiger partial charge in [0.25, 0.3) is 5.90 Å². The van der Waals surface area contributed by atoms with E-state index in [0.29, 0.717) is 18.8 Å². The molecule has 5 heteroatoms. The maximum absolute atomic E-state index is 12.5. The Morgan fingerprint density at radius 3 is 2.50 bits per heavy atom. The number of aliphatic imine (C=N–C) groups is 1. The lowest BCUT2D eigenvalue weighted by Crippen LogP contribution is -2.38. The lowest BCUT2D eigenvalue weighted by atomic mass is 9.91. The van der Waals surface area contributed by atoms with Crippen LogP contribution in [0.1, 0.15) is 49.7 Å². The summed E-state index contributed by atoms with van der Waals surface area (Å²) < 4.78 is 4.98. The second-order valence-electron chi connectivity index (χ2n) is 7.45. The molecule has 1 aromatic rings. The molecule has 1 aliphatic rings. The number of methoxy groups -OCH3 is 1. The maximum atomic E-state index is 12.5. The minimum Gasteiger partial charge on any atom is -0.478 e. The van der Waals surface area contributed by atoms with E-state index in [0.717, 1.165) is 45.2 Å². The summed E-state index contributed by atoms with van der Waals surface area (Å²) in [7, 11) is 1.45. The first-order valence-electron chi connectivity index (χ1n) is 10.1. The van der Waals surface area contributed by atoms with Gasteiger partial charge in [0.1, 0.15) is 0 Å². The quantitative estimate of drug-likeness (QED) is 0.476. The van der Waals surface area contributed by atoms with Crippen LogP contribution in [-0.2, 0) is 20.7 Å². The van der Waals surface area contributed by atoms with Gasteiger partial charge in [0.15, 0.2) is 0 Å². The van der Waals surface area contributed by atoms with Crippen LogP contribution in [0.25, 0.3) is 0 Å². The molecule has 0 radical (unpaired) electrons. The lowest BCUT2D eigenvalue weighted by molar-refractivity contribution is -0.132. The van der Waals surface area contributed by atoms with E-state index in [4.69, 9.17) is 4.74 Å². The number of benzene rings is 1. The molecule has 0 spiro atoms. The predicted molar refractivity (Wildman–Crippen MR) is 112 cm³/mol. The zero-order valence-electron chi connectivity index (χ0n) is 17.2. The van der Waals surface area contributed by atoms with Crippen molar-refractivity contribution in [3.05, 3.63) is 48.2 Å². The van der Waals surface area contributed by atoms with E-state index in [9.17, 15) is 9.59 Å². The van der Waals surface area contributed by atoms with Crippen LogP contribution in [0, 0.1) is 12.8 Å². The molecule has 0 aromatic heterocycles. The minimum absolute atomic E-state index is 0.0777. The Morgan fingerprint density at radius 1 is 1.21 bits per heavy atom. The Bertz CT molecular complexity index is 686. The van der Waals surface area contributed by atoms with Gasteiger partial charge in [-0.3, -0.25) is 9.59 Å². The number of carbonyl (C=O) groups excluding carboxylic acids is 2. The second kappa shape index (κ2) is 11.4. The third-order valence-electron chi connectivity index (χ3n) is 5.37. The van der Waals surface area contributed by atoms with Crippen LogP contribution < -0.4 is 0 Å². The molecule has 0 saturated carbocycles. The van der Waals surface area contributed by atoms with Crippen LogP contribution >= 0.6 is 0 Å². The summed E-state index contributed by atoms with van der Waals surface area (Å²) in [6, 6.07) is 8.39. The number of amides is 1. The number of carbonyl (C=O) groups is 2. The molecule has 1 aromatic carbocycles. The molecule has 28 heavy (non-hydrogen) atoms. The SMILES string of the molecule is C=CN=C(OC)C(=O)CCCC1CCN(C(=O)CCc2ccc(C)cc2)CC1. The minimum atomic E-state index is -0.0777. The fraction of sp³-hybridized carbons (Fsp3) is 0.522. The molecule has 1 aliphatic heterocycles. The highest BCUT2D eigenvalue weighted by Gasteiger charge is 2.23. The standard InChI is InChI=1S/C23H32N2O3/c1-4-24-23(28-3)21(26)7-5-6-19-14-16-25(17-15-19)22(27)13-12-20-10-8-18(2)9-11-20/h4,8-11,19H,1,5-7,12-17H2,2-3H3. The van der Waals surface area contributed by atoms with Gasteiger partial charge in [-0.15, -0.1) is 0 Å². The van der Waals surface area contributed by atoms with E-state index in [1.165, 1.54) is 24.4 Å². The zero-order valence-corrected chi connectivity index (χ0v) is 17.2. The summed E-state index contributed by atoms with van der Waals surface area (Å²) in [6.45, 7) is 7.21. The van der Waals surface area contributed by atoms with Gasteiger partial charge in [-0.05, 0) is 50.5 Å². The van der Waals surface area contributed by atoms with Crippen LogP contribution in [0.3, 0.4) is 0 Å². The molecule has 0 bridgehead atoms. The van der Waals surface area contributed by atoms with Gasteiger partial charge < -0.3 is 9.64 Å². The van der Waals surface area contributed by atoms with Crippen molar-refractivity contribution < 1.29 is 14.3 Å². The van der Waals surface area contributed by atoms with Crippen molar-refractivity contribution in [3.8, 4) is 0 Å². The van der Waals surface area contributed by atoms with Crippen LogP contribution in [-0.4, -0.2) is 42.7 Å². The molecule has 0 aliphatic carbocycles. The Hall–Kier alpha value is -2.43. The molecule has 0 N–H and O–H groups in total. The van der Waals surface area contributed by atoms with E-state index in [1.54, 1.807) is 0 Å². The van der Waals surface area contributed by atoms with Crippen LogP contribution in [0.2, 0.25) is 0 Å². The van der Waals surface area contributed by atoms with Gasteiger partial charge in [0, 0.05) is 32.1 Å². The number of ether oxygens (including phenoxy) is 1. The lowest BCUT2D eigenvalue weighted by Gasteiger charge is -2.32. The van der Waals surface area contributed by atoms with Crippen molar-refractivity contribution >= 4 is 17.6 Å². The summed E-state index contributed by atoms with van der Waals surface area (Å²) in [5.74, 6) is 0.881. The summed E-state index contributed by atoms with van der Waals surface area (Å²) in [5, 5.41) is 0. The van der Waals surface area contributed by atoms with Gasteiger partial charge in [0.2, 0.25) is 11.7 Å². The molecule has 1 saturated heterocycles. The number of nitrogens with zero attached hydrogens (tertiary/aromatic N) is 2. The monoisotopic (exact) mass is 384 g/mol. The molecule has 1 heterocycles. The fourth-order valence-corrected chi connectivity index (χ4v) is 3.61. The van der Waals surface area contributed by atoms with Gasteiger partial charge in [0.05, 0.1) is 7.11 Å². The first-order valence-corrected chi connectivity index (χ1v) is 10.1. The molecular formula is C23H32N2O3. The fourth-order valence-electron chi connectivity index (χ4n) is 3.61. The van der Waals surface area contributed by atoms with Crippen molar-refractivity contribution in [1.82, 2.24) is 4.90 Å². The number of likely N-dealkylation sites (tertiary alicyclic amines) is 1. The van der Waals surface area contributed by atoms with E-state index in [2.05, 4.69) is 42.8 Å². The zero-order chi connectivity index (χ0) is 20.4. The van der Waals surface area contributed by atoms with Gasteiger partial charge in [-0.1, -0.05) is 36.4 Å². The molecule has 0 unspecified atom stereocenters. The summed E-state index contributed by atoms with van der Waals surface area (Å²) in [5.41, 5.74) is 2.46. The Balaban J connectivity index is 1.65. The number of piperidine rings is 1. The van der Waals surface area contributed by atoms with E-state index < -0.39 is 0 Å². The predicted octanol–water partition coefficient (Wildman–Crippen LogP) is 4.09. The highest BCUT2D eigenvalue weighted by molar-refractivity contribution is 6.36. The molecule has 2 rings (SSSR count). The normalized spacial score (nSPS) is 15.4. The first-order chi connectivity index (χ1) is 13.5. The van der Waals surface area contributed by atoms with Crippen molar-refractivity contribution in [2.75, 3.05) is 20.2 Å². The Kier molecular flexibility index (Phi) is 8.92. The third kappa shape index (κ3) is 6.95. The molecule has 5 nitrogen and oxygen atoms in total. The largest absolute Gasteiger partial charge is 0.478 e. The van der Waals surface area contributed by atoms with E-state index in [-0.39, 0.29) is 17.6 Å². The summed E-state index contributed by atoms with van der Waals surface area (Å²) >= 11 is 0. The first kappa shape index (κ1) is 21.9. The Labute approximate surface area is 168 Å². The van der Waals surface area contributed by atoms with Gasteiger partial charge in [-0.25, -0.2) is 4.99 Å². The molecule has 1 fully saturated rings. The van der Waals surface area contributed by atoms with Crippen LogP contribution in [0.5, 0.6) is 0 Å².